The second-order valence-electron chi connectivity index (χ2n) is 37.2. The number of aryl methyl sites for hydroxylation is 1. The summed E-state index contributed by atoms with van der Waals surface area (Å²) in [4.78, 5) is 50.0. The van der Waals surface area contributed by atoms with Crippen molar-refractivity contribution in [2.24, 2.45) is 17.8 Å². The number of ether oxygens (including phenoxy) is 4. The zero-order chi connectivity index (χ0) is 91.7. The molecule has 38 heteroatoms. The van der Waals surface area contributed by atoms with E-state index in [1.165, 1.54) is 116 Å². The minimum absolute atomic E-state index is 0.0750. The van der Waals surface area contributed by atoms with Crippen molar-refractivity contribution >= 4 is 79.0 Å². The number of hydrogen-bond acceptors (Lipinski definition) is 27. The van der Waals surface area contributed by atoms with Gasteiger partial charge in [-0.25, -0.2) is 42.1 Å². The number of likely N-dealkylation sites (N-methyl/N-ethyl adjacent to an activating group) is 2. The van der Waals surface area contributed by atoms with Gasteiger partial charge in [-0.1, -0.05) is 72.3 Å². The maximum Gasteiger partial charge on any atom is 0.335 e. The summed E-state index contributed by atoms with van der Waals surface area (Å²) in [6, 6.07) is 35.4. The Morgan fingerprint density at radius 3 is 1.13 bits per heavy atom. The van der Waals surface area contributed by atoms with Crippen LogP contribution in [0.4, 0.5) is 0 Å². The Balaban J connectivity index is 0.000000136. The highest BCUT2D eigenvalue weighted by atomic mass is 32.2. The van der Waals surface area contributed by atoms with Gasteiger partial charge in [0.05, 0.1) is 62.1 Å². The summed E-state index contributed by atoms with van der Waals surface area (Å²) in [6.07, 6.45) is 16.4. The van der Waals surface area contributed by atoms with Gasteiger partial charge in [0.25, 0.3) is 0 Å². The number of nitrogens with one attached hydrogen (secondary N) is 3. The van der Waals surface area contributed by atoms with Crippen molar-refractivity contribution in [1.82, 2.24) is 62.6 Å². The van der Waals surface area contributed by atoms with Gasteiger partial charge in [0, 0.05) is 173 Å². The van der Waals surface area contributed by atoms with E-state index in [0.717, 1.165) is 121 Å². The summed E-state index contributed by atoms with van der Waals surface area (Å²) in [5.41, 5.74) is 0.288. The van der Waals surface area contributed by atoms with E-state index in [4.69, 9.17) is 27.4 Å². The van der Waals surface area contributed by atoms with Crippen LogP contribution in [-0.4, -0.2) is 334 Å². The molecule has 2 atom stereocenters. The smallest absolute Gasteiger partial charge is 0.335 e. The molecule has 32 nitrogen and oxygen atoms in total. The van der Waals surface area contributed by atoms with E-state index in [1.54, 1.807) is 57.1 Å². The second kappa shape index (κ2) is 42.2. The number of sulfonamides is 4. The molecule has 13 aliphatic rings. The average molecular weight is 1890 g/mol. The van der Waals surface area contributed by atoms with E-state index < -0.39 is 84.4 Å². The van der Waals surface area contributed by atoms with Crippen molar-refractivity contribution in [2.45, 2.75) is 195 Å². The lowest BCUT2D eigenvalue weighted by atomic mass is 9.95. The fourth-order valence-corrected chi connectivity index (χ4v) is 27.0. The van der Waals surface area contributed by atoms with Crippen LogP contribution in [0.15, 0.2) is 152 Å². The van der Waals surface area contributed by atoms with Crippen molar-refractivity contribution in [3.05, 3.63) is 150 Å². The molecule has 0 aromatic heterocycles. The van der Waals surface area contributed by atoms with Crippen LogP contribution >= 0.6 is 0 Å². The number of benzene rings is 5. The molecule has 3 aliphatic carbocycles. The molecule has 10 heterocycles. The zero-order valence-corrected chi connectivity index (χ0v) is 80.2. The molecule has 0 radical (unpaired) electrons. The van der Waals surface area contributed by atoms with Crippen LogP contribution in [0.5, 0.6) is 0 Å². The van der Waals surface area contributed by atoms with Crippen LogP contribution in [0.2, 0.25) is 0 Å². The maximum absolute atomic E-state index is 13.6. The number of nitrogens with zero attached hydrogens (tertiary/aromatic N) is 10. The van der Waals surface area contributed by atoms with E-state index in [2.05, 4.69) is 59.8 Å². The molecule has 5 aromatic carbocycles. The molecule has 128 heavy (non-hydrogen) atoms. The monoisotopic (exact) mass is 1890 g/mol. The molecule has 0 bridgehead atoms. The number of likely N-dealkylation sites (tertiary alicyclic amines) is 3. The average Bonchev–Trinajstić information content (AvgIpc) is 1.58. The molecule has 706 valence electrons. The predicted molar refractivity (Wildman–Crippen MR) is 485 cm³/mol. The summed E-state index contributed by atoms with van der Waals surface area (Å²) in [5.74, 6) is 2.67. The molecule has 1 amide bonds. The lowest BCUT2D eigenvalue weighted by Gasteiger charge is -2.44. The fraction of sp³-hybridized carbons (Fsp3) is 0.633. The Labute approximate surface area is 761 Å². The van der Waals surface area contributed by atoms with Gasteiger partial charge in [-0.2, -0.15) is 25.6 Å². The van der Waals surface area contributed by atoms with E-state index in [9.17, 15) is 56.5 Å². The molecule has 3 N–H and O–H groups in total. The summed E-state index contributed by atoms with van der Waals surface area (Å²) < 4.78 is 176. The van der Waals surface area contributed by atoms with Gasteiger partial charge < -0.3 is 59.4 Å². The number of hydrogen-bond donors (Lipinski definition) is 3. The Bertz CT molecular complexity index is 5230. The van der Waals surface area contributed by atoms with Gasteiger partial charge >= 0.3 is 11.6 Å². The van der Waals surface area contributed by atoms with Gasteiger partial charge in [0.15, 0.2) is 21.4 Å². The first-order chi connectivity index (χ1) is 60.8. The van der Waals surface area contributed by atoms with Crippen molar-refractivity contribution in [1.29, 1.82) is 0 Å². The van der Waals surface area contributed by atoms with Crippen molar-refractivity contribution in [2.75, 3.05) is 179 Å². The van der Waals surface area contributed by atoms with Crippen LogP contribution in [-0.2, 0) is 91.8 Å². The molecule has 2 unspecified atom stereocenters. The molecule has 10 aliphatic heterocycles. The van der Waals surface area contributed by atoms with E-state index in [1.807, 2.05) is 63.1 Å². The van der Waals surface area contributed by atoms with Crippen LogP contribution in [0.25, 0.3) is 0 Å². The van der Waals surface area contributed by atoms with E-state index in [-0.39, 0.29) is 54.9 Å². The number of sulfone groups is 1. The van der Waals surface area contributed by atoms with Crippen molar-refractivity contribution < 1.29 is 83.8 Å². The molecule has 13 fully saturated rings. The van der Waals surface area contributed by atoms with Crippen molar-refractivity contribution in [3.8, 4) is 0 Å². The number of carbonyl (C=O) groups excluding carboxylic acids is 3. The summed E-state index contributed by atoms with van der Waals surface area (Å²) in [6.45, 7) is 22.2. The van der Waals surface area contributed by atoms with Crippen molar-refractivity contribution in [3.63, 3.8) is 0 Å². The highest BCUT2D eigenvalue weighted by Crippen LogP contribution is 2.46. The van der Waals surface area contributed by atoms with Crippen LogP contribution in [0.1, 0.15) is 148 Å². The number of rotatable bonds is 23. The largest absolute Gasteiger partial charge is 0.358 e. The van der Waals surface area contributed by atoms with E-state index >= 15 is 0 Å². The highest BCUT2D eigenvalue weighted by molar-refractivity contribution is 7.91. The number of piperidine rings is 5. The number of carbonyl (C=O) groups is 3. The van der Waals surface area contributed by atoms with Gasteiger partial charge in [0.2, 0.25) is 46.0 Å². The second-order valence-corrected chi connectivity index (χ2v) is 46.8. The summed E-state index contributed by atoms with van der Waals surface area (Å²) in [7, 11) is -10.1. The predicted octanol–water partition coefficient (Wildman–Crippen LogP) is 6.52. The first-order valence-corrected chi connectivity index (χ1v) is 53.4. The Kier molecular flexibility index (Phi) is 32.7. The van der Waals surface area contributed by atoms with Gasteiger partial charge in [-0.15, -0.1) is 0 Å². The molecule has 5 aromatic rings. The van der Waals surface area contributed by atoms with Crippen LogP contribution in [0, 0.1) is 24.7 Å². The molecule has 5 spiro atoms. The standard InChI is InChI=1S/C22H33N3O4S.C18H27N3O4S.C18H25N3O.C18H26N2O3S.C14H20N2O5S2.O2S/c1-17(26)19-6-8-21(9-7-19)30(27,28)25-16-20(15-23(2)3)29-22(25)10-12-24(13-11-22)14-18-4-5-18;1-14(22)15-4-6-17(7-5-15)26(23,24)21-13-16(12-20(2)3)25-18(21)8-10-19-11-9-18;22-17-14-21(13-15-4-2-1-3-5-15)18(19-17)8-10-20(11-9-18)12-16-6-7-16;1-15-2-6-17(7-3-15)24(21,22)20-12-13-23-18(20)8-10-19(11-9-18)14-16-4-5-16;1-22(17,18)12-2-4-13(5-3-12)23(19,20)16-10-11-21-14(16)6-8-15-9-7-14;1-3-2/h6-9,18,20H,4-5,10-16H2,1-3H3;4-7,16,19H,8-13H2,1-3H3;1-5,16H,6-14H2,(H,19,22);2-3,6-7,16H,4-5,8-14H2,1H3;2-5,15H,6-11H2,1H3;. The third-order valence-electron chi connectivity index (χ3n) is 26.8. The Morgan fingerprint density at radius 1 is 0.438 bits per heavy atom. The summed E-state index contributed by atoms with van der Waals surface area (Å²) in [5, 5.41) is 9.77. The molecular weight excluding hydrogens is 1760 g/mol. The fourth-order valence-electron chi connectivity index (χ4n) is 19.4. The molecular formula is C90H131N13O19S6. The quantitative estimate of drug-likeness (QED) is 0.0586. The lowest BCUT2D eigenvalue weighted by molar-refractivity contribution is -0.119. The third kappa shape index (κ3) is 24.3. The zero-order valence-electron chi connectivity index (χ0n) is 75.3. The Morgan fingerprint density at radius 2 is 0.766 bits per heavy atom. The minimum Gasteiger partial charge on any atom is -0.358 e. The maximum atomic E-state index is 13.6. The Hall–Kier alpha value is -6.16. The molecule has 10 saturated heterocycles. The SMILES string of the molecule is CC(=O)c1ccc(S(=O)(=O)N2CC(CN(C)C)OC23CCN(CC2CC2)CC3)cc1.CC(=O)c1ccc(S(=O)(=O)N2CC(CN(C)C)OC23CCNCC3)cc1.CS(=O)(=O)c1ccc(S(=O)(=O)N2CCOC23CCNCC3)cc1.Cc1ccc(S(=O)(=O)N2CCOC23CCN(CC2CC2)CC3)cc1.O=C1CN(Cc2ccccc2)C2(CCN(CC3CC3)CC2)N1.O=S=O. The van der Waals surface area contributed by atoms with Gasteiger partial charge in [-0.3, -0.25) is 19.3 Å². The number of amides is 1. The first kappa shape index (κ1) is 99.3. The topological polar surface area (TPSA) is 361 Å². The van der Waals surface area contributed by atoms with Gasteiger partial charge in [-0.05, 0) is 210 Å². The molecule has 18 rings (SSSR count). The summed E-state index contributed by atoms with van der Waals surface area (Å²) >= 11 is -0.750. The lowest BCUT2D eigenvalue weighted by Crippen LogP contribution is -2.58. The highest BCUT2D eigenvalue weighted by Gasteiger charge is 2.57. The van der Waals surface area contributed by atoms with E-state index in [0.29, 0.717) is 127 Å². The van der Waals surface area contributed by atoms with Gasteiger partial charge in [0.1, 0.15) is 22.9 Å². The van der Waals surface area contributed by atoms with Crippen LogP contribution in [0.3, 0.4) is 0 Å². The first-order valence-electron chi connectivity index (χ1n) is 45.1. The molecule has 3 saturated carbocycles. The number of Topliss-reactive ketones (excluding diaryl/α,β-unsaturated/α-hetero) is 2. The normalized spacial score (nSPS) is 24.0. The number of ketones is 2. The third-order valence-corrected chi connectivity index (χ3v) is 35.8. The minimum atomic E-state index is -3.73. The van der Waals surface area contributed by atoms with Crippen LogP contribution < -0.4 is 16.0 Å².